The highest BCUT2D eigenvalue weighted by Gasteiger charge is 2.35. The fourth-order valence-corrected chi connectivity index (χ4v) is 4.72. The molecule has 0 spiro atoms. The molecule has 0 amide bonds. The van der Waals surface area contributed by atoms with Crippen molar-refractivity contribution in [1.29, 1.82) is 0 Å². The Morgan fingerprint density at radius 1 is 1.11 bits per heavy atom. The van der Waals surface area contributed by atoms with Crippen LogP contribution in [0.25, 0.3) is 11.5 Å². The van der Waals surface area contributed by atoms with Gasteiger partial charge >= 0.3 is 0 Å². The van der Waals surface area contributed by atoms with E-state index in [1.54, 1.807) is 35.8 Å². The molecule has 4 aromatic rings. The Hall–Kier alpha value is -3.62. The van der Waals surface area contributed by atoms with E-state index < -0.39 is 27.4 Å². The van der Waals surface area contributed by atoms with Crippen molar-refractivity contribution < 1.29 is 22.4 Å². The molecule has 0 aliphatic carbocycles. The lowest BCUT2D eigenvalue weighted by atomic mass is 10.2. The zero-order valence-corrected chi connectivity index (χ0v) is 21.3. The summed E-state index contributed by atoms with van der Waals surface area (Å²) in [5, 5.41) is 11.3. The molecule has 4 rings (SSSR count). The van der Waals surface area contributed by atoms with Gasteiger partial charge in [0.15, 0.2) is 17.4 Å². The quantitative estimate of drug-likeness (QED) is 0.318. The summed E-state index contributed by atoms with van der Waals surface area (Å²) in [7, 11) is -1.23. The summed E-state index contributed by atoms with van der Waals surface area (Å²) >= 11 is 5.86. The molecule has 0 unspecified atom stereocenters. The predicted molar refractivity (Wildman–Crippen MR) is 129 cm³/mol. The molecule has 0 bridgehead atoms. The van der Waals surface area contributed by atoms with E-state index in [4.69, 9.17) is 25.6 Å². The van der Waals surface area contributed by atoms with E-state index in [0.29, 0.717) is 22.4 Å². The number of nitrogens with zero attached hydrogens (tertiary/aromatic N) is 7. The average molecular weight is 535 g/mol. The van der Waals surface area contributed by atoms with Crippen LogP contribution in [0.3, 0.4) is 0 Å². The van der Waals surface area contributed by atoms with Gasteiger partial charge in [0.1, 0.15) is 17.0 Å². The van der Waals surface area contributed by atoms with Crippen LogP contribution in [0.5, 0.6) is 5.88 Å². The maximum atomic E-state index is 13.4. The smallest absolute Gasteiger partial charge is 0.240 e. The Labute approximate surface area is 211 Å². The van der Waals surface area contributed by atoms with Crippen LogP contribution in [0.2, 0.25) is 5.02 Å². The summed E-state index contributed by atoms with van der Waals surface area (Å²) in [4.78, 5) is 12.6. The van der Waals surface area contributed by atoms with E-state index >= 15 is 0 Å². The van der Waals surface area contributed by atoms with E-state index in [1.807, 2.05) is 0 Å². The van der Waals surface area contributed by atoms with Crippen LogP contribution in [0.15, 0.2) is 47.4 Å². The molecule has 0 aromatic carbocycles. The van der Waals surface area contributed by atoms with Gasteiger partial charge in [0, 0.05) is 31.6 Å². The monoisotopic (exact) mass is 534 g/mol. The third-order valence-electron chi connectivity index (χ3n) is 5.41. The SMILES string of the molecule is COc1cccc(-c2nnc(NS(=O)(=O)[C@@H](C)[C@H](OC)c3ncc(Cl)cn3)n2[C@H](C)c2ccno2)n1. The van der Waals surface area contributed by atoms with Crippen LogP contribution in [0.4, 0.5) is 5.95 Å². The minimum Gasteiger partial charge on any atom is -0.481 e. The summed E-state index contributed by atoms with van der Waals surface area (Å²) in [6.07, 6.45) is 3.24. The second-order valence-corrected chi connectivity index (χ2v) is 10.1. The van der Waals surface area contributed by atoms with Gasteiger partial charge in [-0.25, -0.2) is 23.4 Å². The summed E-state index contributed by atoms with van der Waals surface area (Å²) in [5.41, 5.74) is 0.413. The largest absolute Gasteiger partial charge is 0.481 e. The Kier molecular flexibility index (Phi) is 7.47. The number of hydrogen-bond acceptors (Lipinski definition) is 11. The van der Waals surface area contributed by atoms with Gasteiger partial charge < -0.3 is 14.0 Å². The highest BCUT2D eigenvalue weighted by molar-refractivity contribution is 7.93. The summed E-state index contributed by atoms with van der Waals surface area (Å²) in [6, 6.07) is 6.24. The third-order valence-corrected chi connectivity index (χ3v) is 7.30. The van der Waals surface area contributed by atoms with Gasteiger partial charge in [-0.15, -0.1) is 10.2 Å². The van der Waals surface area contributed by atoms with Gasteiger partial charge in [-0.05, 0) is 19.9 Å². The van der Waals surface area contributed by atoms with Crippen molar-refractivity contribution in [2.45, 2.75) is 31.2 Å². The predicted octanol–water partition coefficient (Wildman–Crippen LogP) is 2.91. The number of anilines is 1. The molecule has 13 nitrogen and oxygen atoms in total. The van der Waals surface area contributed by atoms with Crippen molar-refractivity contribution in [2.24, 2.45) is 0 Å². The molecule has 0 aliphatic rings. The van der Waals surface area contributed by atoms with E-state index in [9.17, 15) is 8.42 Å². The number of nitrogens with one attached hydrogen (secondary N) is 1. The van der Waals surface area contributed by atoms with E-state index in [-0.39, 0.29) is 17.6 Å². The Balaban J connectivity index is 1.73. The van der Waals surface area contributed by atoms with Gasteiger partial charge in [0.05, 0.1) is 24.4 Å². The fourth-order valence-electron chi connectivity index (χ4n) is 3.48. The molecule has 3 atom stereocenters. The highest BCUT2D eigenvalue weighted by Crippen LogP contribution is 2.31. The van der Waals surface area contributed by atoms with Crippen molar-refractivity contribution in [2.75, 3.05) is 18.9 Å². The molecular weight excluding hydrogens is 512 g/mol. The lowest BCUT2D eigenvalue weighted by Crippen LogP contribution is -2.33. The summed E-state index contributed by atoms with van der Waals surface area (Å²) in [5.74, 6) is 1.20. The average Bonchev–Trinajstić information content (AvgIpc) is 3.55. The topological polar surface area (TPSA) is 160 Å². The second-order valence-electron chi connectivity index (χ2n) is 7.64. The third kappa shape index (κ3) is 5.15. The number of rotatable bonds is 10. The maximum absolute atomic E-state index is 13.4. The molecule has 0 fully saturated rings. The molecule has 0 aliphatic heterocycles. The molecule has 190 valence electrons. The van der Waals surface area contributed by atoms with Crippen molar-refractivity contribution in [3.8, 4) is 17.4 Å². The Morgan fingerprint density at radius 3 is 2.50 bits per heavy atom. The molecule has 1 N–H and O–H groups in total. The van der Waals surface area contributed by atoms with Gasteiger partial charge in [-0.3, -0.25) is 9.29 Å². The molecule has 4 heterocycles. The molecule has 15 heteroatoms. The zero-order valence-electron chi connectivity index (χ0n) is 19.7. The number of ether oxygens (including phenoxy) is 2. The van der Waals surface area contributed by atoms with Crippen LogP contribution in [0, 0.1) is 0 Å². The molecular formula is C21H23ClN8O5S. The van der Waals surface area contributed by atoms with Gasteiger partial charge in [0.2, 0.25) is 21.9 Å². The van der Waals surface area contributed by atoms with Crippen LogP contribution < -0.4 is 9.46 Å². The van der Waals surface area contributed by atoms with Gasteiger partial charge in [-0.2, -0.15) is 0 Å². The highest BCUT2D eigenvalue weighted by atomic mass is 35.5. The van der Waals surface area contributed by atoms with Crippen molar-refractivity contribution in [1.82, 2.24) is 34.9 Å². The first-order valence-electron chi connectivity index (χ1n) is 10.6. The first kappa shape index (κ1) is 25.5. The number of aromatic nitrogens is 7. The van der Waals surface area contributed by atoms with Crippen LogP contribution in [-0.2, 0) is 14.8 Å². The molecule has 0 radical (unpaired) electrons. The number of methoxy groups -OCH3 is 2. The van der Waals surface area contributed by atoms with Gasteiger partial charge in [0.25, 0.3) is 0 Å². The second kappa shape index (κ2) is 10.6. The van der Waals surface area contributed by atoms with Crippen LogP contribution in [0.1, 0.15) is 37.6 Å². The maximum Gasteiger partial charge on any atom is 0.240 e. The fraction of sp³-hybridized carbons (Fsp3) is 0.333. The number of halogens is 1. The first-order chi connectivity index (χ1) is 17.2. The molecule has 4 aromatic heterocycles. The van der Waals surface area contributed by atoms with Crippen LogP contribution >= 0.6 is 11.6 Å². The molecule has 36 heavy (non-hydrogen) atoms. The standard InChI is InChI=1S/C21H23ClN8O5S/c1-12(16-8-9-25-35-16)30-20(15-6-5-7-17(26-15)33-3)27-28-21(30)29-36(31,32)13(2)18(34-4)19-23-10-14(22)11-24-19/h5-13,18H,1-4H3,(H,28,29)/t12-,13+,18+/m1/s1. The number of sulfonamides is 1. The van der Waals surface area contributed by atoms with E-state index in [0.717, 1.165) is 0 Å². The lowest BCUT2D eigenvalue weighted by molar-refractivity contribution is 0.0950. The number of hydrogen-bond donors (Lipinski definition) is 1. The molecule has 0 saturated heterocycles. The minimum absolute atomic E-state index is 0.0581. The number of pyridine rings is 1. The minimum atomic E-state index is -4.09. The Morgan fingerprint density at radius 2 is 1.86 bits per heavy atom. The van der Waals surface area contributed by atoms with Crippen molar-refractivity contribution >= 4 is 27.6 Å². The summed E-state index contributed by atoms with van der Waals surface area (Å²) in [6.45, 7) is 3.26. The zero-order chi connectivity index (χ0) is 25.9. The Bertz CT molecular complexity index is 1410. The van der Waals surface area contributed by atoms with Crippen molar-refractivity contribution in [3.05, 3.63) is 59.5 Å². The summed E-state index contributed by atoms with van der Waals surface area (Å²) < 4.78 is 46.9. The normalized spacial score (nSPS) is 14.2. The first-order valence-corrected chi connectivity index (χ1v) is 12.6. The van der Waals surface area contributed by atoms with E-state index in [2.05, 4.69) is 35.0 Å². The molecule has 0 saturated carbocycles. The lowest BCUT2D eigenvalue weighted by Gasteiger charge is -2.23. The van der Waals surface area contributed by atoms with Crippen LogP contribution in [-0.4, -0.2) is 62.8 Å². The van der Waals surface area contributed by atoms with Crippen molar-refractivity contribution in [3.63, 3.8) is 0 Å². The van der Waals surface area contributed by atoms with Gasteiger partial charge in [-0.1, -0.05) is 22.8 Å². The van der Waals surface area contributed by atoms with E-state index in [1.165, 1.54) is 39.7 Å².